The lowest BCUT2D eigenvalue weighted by molar-refractivity contribution is -0.129. The molecular weight excluding hydrogens is 338 g/mol. The summed E-state index contributed by atoms with van der Waals surface area (Å²) in [5.74, 6) is -0.146. The molecule has 1 aliphatic rings. The van der Waals surface area contributed by atoms with Gasteiger partial charge in [-0.2, -0.15) is 0 Å². The second-order valence-electron chi connectivity index (χ2n) is 3.27. The number of hydrogen-bond donors (Lipinski definition) is 0. The zero-order chi connectivity index (χ0) is 12.5. The van der Waals surface area contributed by atoms with E-state index in [4.69, 9.17) is 4.74 Å². The highest BCUT2D eigenvalue weighted by atomic mass is 79.9. The topological polar surface area (TPSA) is 64.4 Å². The average molecular weight is 342 g/mol. The number of ether oxygens (including phenoxy) is 1. The van der Waals surface area contributed by atoms with Crippen molar-refractivity contribution in [1.29, 1.82) is 0 Å². The molecule has 18 heavy (non-hydrogen) atoms. The molecule has 0 bridgehead atoms. The Morgan fingerprint density at radius 2 is 2.28 bits per heavy atom. The van der Waals surface area contributed by atoms with E-state index in [1.807, 2.05) is 12.1 Å². The second kappa shape index (κ2) is 4.71. The van der Waals surface area contributed by atoms with E-state index in [1.165, 1.54) is 22.9 Å². The normalized spacial score (nSPS) is 17.1. The van der Waals surface area contributed by atoms with Crippen LogP contribution in [0.5, 0.6) is 0 Å². The number of halogens is 1. The van der Waals surface area contributed by atoms with E-state index in [0.717, 1.165) is 8.66 Å². The molecule has 0 saturated heterocycles. The molecule has 0 spiro atoms. The molecule has 0 N–H and O–H groups in total. The van der Waals surface area contributed by atoms with Crippen LogP contribution >= 0.6 is 38.8 Å². The molecular formula is C10H4BrN3O2S2. The third kappa shape index (κ3) is 2.26. The predicted molar refractivity (Wildman–Crippen MR) is 72.5 cm³/mol. The summed E-state index contributed by atoms with van der Waals surface area (Å²) in [6.45, 7) is 0. The first-order valence-corrected chi connectivity index (χ1v) is 7.22. The minimum atomic E-state index is -0.470. The quantitative estimate of drug-likeness (QED) is 0.622. The molecule has 2 aromatic rings. The van der Waals surface area contributed by atoms with Gasteiger partial charge in [-0.15, -0.1) is 16.4 Å². The molecule has 0 aliphatic carbocycles. The van der Waals surface area contributed by atoms with Crippen LogP contribution < -0.4 is 0 Å². The molecule has 90 valence electrons. The average Bonchev–Trinajstić information content (AvgIpc) is 3.03. The fraction of sp³-hybridized carbons (Fsp3) is 0. The number of nitrogens with zero attached hydrogens (tertiary/aromatic N) is 3. The van der Waals surface area contributed by atoms with Crippen molar-refractivity contribution in [2.45, 2.75) is 0 Å². The fourth-order valence-corrected chi connectivity index (χ4v) is 3.04. The van der Waals surface area contributed by atoms with E-state index in [0.29, 0.717) is 11.6 Å². The number of carbonyl (C=O) groups excluding carboxylic acids is 1. The largest absolute Gasteiger partial charge is 0.401 e. The van der Waals surface area contributed by atoms with E-state index in [9.17, 15) is 4.79 Å². The Bertz CT molecular complexity index is 660. The molecule has 0 amide bonds. The zero-order valence-corrected chi connectivity index (χ0v) is 11.9. The number of esters is 1. The summed E-state index contributed by atoms with van der Waals surface area (Å²) >= 11 is 6.02. The minimum absolute atomic E-state index is 0.238. The highest BCUT2D eigenvalue weighted by Crippen LogP contribution is 2.26. The van der Waals surface area contributed by atoms with Gasteiger partial charge in [0.2, 0.25) is 5.90 Å². The lowest BCUT2D eigenvalue weighted by atomic mass is 10.3. The SMILES string of the molecule is O=C1OC(c2ccc(Br)s2)=NC1=Cc1csnn1. The molecule has 0 fully saturated rings. The molecule has 0 radical (unpaired) electrons. The lowest BCUT2D eigenvalue weighted by Gasteiger charge is -1.92. The Morgan fingerprint density at radius 1 is 1.39 bits per heavy atom. The summed E-state index contributed by atoms with van der Waals surface area (Å²) in [5.41, 5.74) is 0.839. The van der Waals surface area contributed by atoms with Gasteiger partial charge in [0, 0.05) is 5.38 Å². The smallest absolute Gasteiger partial charge is 0.363 e. The molecule has 0 saturated carbocycles. The number of cyclic esters (lactones) is 1. The number of rotatable bonds is 2. The first kappa shape index (κ1) is 11.7. The first-order valence-electron chi connectivity index (χ1n) is 4.78. The van der Waals surface area contributed by atoms with Crippen LogP contribution in [0.15, 0.2) is 32.0 Å². The number of thiophene rings is 1. The zero-order valence-electron chi connectivity index (χ0n) is 8.66. The van der Waals surface area contributed by atoms with Gasteiger partial charge in [-0.1, -0.05) is 4.49 Å². The van der Waals surface area contributed by atoms with Crippen LogP contribution in [-0.2, 0) is 9.53 Å². The minimum Gasteiger partial charge on any atom is -0.401 e. The van der Waals surface area contributed by atoms with Gasteiger partial charge >= 0.3 is 5.97 Å². The molecule has 5 nitrogen and oxygen atoms in total. The maximum atomic E-state index is 11.6. The van der Waals surface area contributed by atoms with Crippen LogP contribution in [0.3, 0.4) is 0 Å². The molecule has 3 heterocycles. The highest BCUT2D eigenvalue weighted by molar-refractivity contribution is 9.11. The first-order chi connectivity index (χ1) is 8.72. The second-order valence-corrected chi connectivity index (χ2v) is 6.34. The van der Waals surface area contributed by atoms with Gasteiger partial charge in [0.1, 0.15) is 5.69 Å². The molecule has 1 aliphatic heterocycles. The van der Waals surface area contributed by atoms with Crippen molar-refractivity contribution in [2.75, 3.05) is 0 Å². The maximum Gasteiger partial charge on any atom is 0.363 e. The highest BCUT2D eigenvalue weighted by Gasteiger charge is 2.25. The van der Waals surface area contributed by atoms with Crippen LogP contribution in [0, 0.1) is 0 Å². The van der Waals surface area contributed by atoms with Gasteiger partial charge in [0.05, 0.1) is 8.66 Å². The Kier molecular flexibility index (Phi) is 3.06. The van der Waals surface area contributed by atoms with Crippen molar-refractivity contribution in [3.63, 3.8) is 0 Å². The summed E-state index contributed by atoms with van der Waals surface area (Å²) in [4.78, 5) is 16.6. The van der Waals surface area contributed by atoms with Crippen LogP contribution in [0.1, 0.15) is 10.6 Å². The number of aromatic nitrogens is 2. The number of carbonyl (C=O) groups is 1. The Balaban J connectivity index is 1.94. The molecule has 2 aromatic heterocycles. The van der Waals surface area contributed by atoms with Crippen molar-refractivity contribution >= 4 is 56.7 Å². The fourth-order valence-electron chi connectivity index (χ4n) is 1.32. The van der Waals surface area contributed by atoms with E-state index >= 15 is 0 Å². The van der Waals surface area contributed by atoms with E-state index in [1.54, 1.807) is 11.5 Å². The van der Waals surface area contributed by atoms with Crippen molar-refractivity contribution in [2.24, 2.45) is 4.99 Å². The number of hydrogen-bond acceptors (Lipinski definition) is 7. The van der Waals surface area contributed by atoms with Gasteiger partial charge < -0.3 is 4.74 Å². The maximum absolute atomic E-state index is 11.6. The summed E-state index contributed by atoms with van der Waals surface area (Å²) in [6, 6.07) is 3.72. The lowest BCUT2D eigenvalue weighted by Crippen LogP contribution is -2.03. The third-order valence-corrected chi connectivity index (χ3v) is 4.20. The Hall–Kier alpha value is -1.38. The monoisotopic (exact) mass is 341 g/mol. The number of aliphatic imine (C=N–C) groups is 1. The van der Waals surface area contributed by atoms with Gasteiger partial charge in [-0.05, 0) is 45.7 Å². The summed E-state index contributed by atoms with van der Waals surface area (Å²) in [7, 11) is 0. The van der Waals surface area contributed by atoms with E-state index in [2.05, 4.69) is 30.5 Å². The van der Waals surface area contributed by atoms with Crippen LogP contribution in [0.25, 0.3) is 6.08 Å². The predicted octanol–water partition coefficient (Wildman–Crippen LogP) is 2.71. The van der Waals surface area contributed by atoms with Gasteiger partial charge in [0.15, 0.2) is 5.70 Å². The van der Waals surface area contributed by atoms with Crippen LogP contribution in [-0.4, -0.2) is 21.5 Å². The summed E-state index contributed by atoms with van der Waals surface area (Å²) in [6.07, 6.45) is 1.56. The van der Waals surface area contributed by atoms with Crippen molar-refractivity contribution < 1.29 is 9.53 Å². The Morgan fingerprint density at radius 3 is 2.94 bits per heavy atom. The van der Waals surface area contributed by atoms with Gasteiger partial charge in [-0.3, -0.25) is 0 Å². The summed E-state index contributed by atoms with van der Waals surface area (Å²) in [5, 5.41) is 5.56. The van der Waals surface area contributed by atoms with E-state index < -0.39 is 5.97 Å². The van der Waals surface area contributed by atoms with Crippen molar-refractivity contribution in [3.05, 3.63) is 37.6 Å². The molecule has 3 rings (SSSR count). The molecule has 8 heteroatoms. The van der Waals surface area contributed by atoms with E-state index in [-0.39, 0.29) is 5.70 Å². The third-order valence-electron chi connectivity index (χ3n) is 2.07. The van der Waals surface area contributed by atoms with Crippen LogP contribution in [0.2, 0.25) is 0 Å². The standard InChI is InChI=1S/C10H4BrN3O2S2/c11-8-2-1-7(18-8)9-12-6(10(15)16-9)3-5-4-17-14-13-5/h1-4H. The molecule has 0 atom stereocenters. The molecule has 0 unspecified atom stereocenters. The van der Waals surface area contributed by atoms with Crippen molar-refractivity contribution in [1.82, 2.24) is 9.59 Å². The molecule has 0 aromatic carbocycles. The Labute approximate surface area is 118 Å². The van der Waals surface area contributed by atoms with Gasteiger partial charge in [0.25, 0.3) is 0 Å². The summed E-state index contributed by atoms with van der Waals surface area (Å²) < 4.78 is 9.78. The van der Waals surface area contributed by atoms with Crippen LogP contribution in [0.4, 0.5) is 0 Å². The van der Waals surface area contributed by atoms with Gasteiger partial charge in [-0.25, -0.2) is 9.79 Å². The van der Waals surface area contributed by atoms with Crippen molar-refractivity contribution in [3.8, 4) is 0 Å².